The second-order valence-corrected chi connectivity index (χ2v) is 6.22. The van der Waals surface area contributed by atoms with Crippen LogP contribution >= 0.6 is 0 Å². The van der Waals surface area contributed by atoms with Gasteiger partial charge in [0.1, 0.15) is 0 Å². The molecule has 0 aliphatic carbocycles. The third-order valence-corrected chi connectivity index (χ3v) is 4.04. The zero-order valence-electron chi connectivity index (χ0n) is 14.6. The van der Waals surface area contributed by atoms with Crippen molar-refractivity contribution in [1.29, 1.82) is 0 Å². The summed E-state index contributed by atoms with van der Waals surface area (Å²) in [6.45, 7) is 2.26. The summed E-state index contributed by atoms with van der Waals surface area (Å²) in [7, 11) is 0. The summed E-state index contributed by atoms with van der Waals surface area (Å²) < 4.78 is 5.28. The molecule has 0 bridgehead atoms. The van der Waals surface area contributed by atoms with Crippen molar-refractivity contribution in [2.24, 2.45) is 0 Å². The van der Waals surface area contributed by atoms with Crippen LogP contribution in [0.25, 0.3) is 0 Å². The maximum atomic E-state index is 10.3. The van der Waals surface area contributed by atoms with E-state index in [1.54, 1.807) is 6.08 Å². The van der Waals surface area contributed by atoms with Gasteiger partial charge in [0, 0.05) is 6.08 Å². The van der Waals surface area contributed by atoms with Gasteiger partial charge in [-0.1, -0.05) is 77.2 Å². The zero-order chi connectivity index (χ0) is 16.8. The van der Waals surface area contributed by atoms with Crippen molar-refractivity contribution in [3.8, 4) is 0 Å². The Morgan fingerprint density at radius 1 is 0.913 bits per heavy atom. The number of allylic oxidation sites excluding steroid dienone is 3. The van der Waals surface area contributed by atoms with E-state index in [1.165, 1.54) is 76.7 Å². The van der Waals surface area contributed by atoms with E-state index in [9.17, 15) is 4.79 Å². The molecule has 1 aliphatic heterocycles. The molecule has 23 heavy (non-hydrogen) atoms. The number of ether oxygens (including phenoxy) is 1. The fourth-order valence-corrected chi connectivity index (χ4v) is 2.61. The quantitative estimate of drug-likeness (QED) is 0.238. The molecule has 0 aromatic rings. The van der Waals surface area contributed by atoms with Crippen molar-refractivity contribution in [2.75, 3.05) is 0 Å². The zero-order valence-corrected chi connectivity index (χ0v) is 14.6. The van der Waals surface area contributed by atoms with Gasteiger partial charge in [-0.3, -0.25) is 0 Å². The van der Waals surface area contributed by atoms with Crippen molar-refractivity contribution in [3.05, 3.63) is 35.8 Å². The minimum absolute atomic E-state index is 0.797. The van der Waals surface area contributed by atoms with Crippen LogP contribution in [0.4, 0.5) is 0 Å². The summed E-state index contributed by atoms with van der Waals surface area (Å²) in [5.41, 5.74) is 0. The highest BCUT2D eigenvalue weighted by Crippen LogP contribution is 2.32. The lowest BCUT2D eigenvalue weighted by Gasteiger charge is -2.01. The van der Waals surface area contributed by atoms with Crippen LogP contribution in [0.5, 0.6) is 0 Å². The number of carboxylic acid groups (broad SMARTS) is 1. The van der Waals surface area contributed by atoms with Crippen LogP contribution in [-0.4, -0.2) is 11.1 Å². The summed E-state index contributed by atoms with van der Waals surface area (Å²) in [6, 6.07) is 0. The molecule has 0 radical (unpaired) electrons. The molecule has 0 aromatic heterocycles. The number of epoxide rings is 1. The first kappa shape index (κ1) is 19.5. The Hall–Kier alpha value is -1.51. The number of carboxylic acids is 1. The van der Waals surface area contributed by atoms with E-state index in [0.717, 1.165) is 24.0 Å². The van der Waals surface area contributed by atoms with E-state index >= 15 is 0 Å². The van der Waals surface area contributed by atoms with E-state index < -0.39 is 5.97 Å². The molecule has 0 spiro atoms. The Labute approximate surface area is 141 Å². The molecular weight excluding hydrogens is 288 g/mol. The topological polar surface area (TPSA) is 49.8 Å². The predicted octanol–water partition coefficient (Wildman–Crippen LogP) is 6.13. The van der Waals surface area contributed by atoms with Gasteiger partial charge < -0.3 is 9.84 Å². The Kier molecular flexibility index (Phi) is 11.0. The van der Waals surface area contributed by atoms with Gasteiger partial charge in [0.25, 0.3) is 0 Å². The van der Waals surface area contributed by atoms with Gasteiger partial charge in [0.05, 0.1) is 0 Å². The van der Waals surface area contributed by atoms with Gasteiger partial charge in [-0.05, 0) is 25.0 Å². The molecule has 130 valence electrons. The molecule has 0 saturated carbocycles. The second-order valence-electron chi connectivity index (χ2n) is 6.22. The second kappa shape index (κ2) is 13.0. The van der Waals surface area contributed by atoms with E-state index in [1.807, 2.05) is 0 Å². The summed E-state index contributed by atoms with van der Waals surface area (Å²) in [6.07, 6.45) is 22.4. The Bertz CT molecular complexity index is 419. The van der Waals surface area contributed by atoms with Crippen LogP contribution in [-0.2, 0) is 9.53 Å². The fraction of sp³-hybridized carbons (Fsp3) is 0.650. The summed E-state index contributed by atoms with van der Waals surface area (Å²) in [4.78, 5) is 10.3. The SMILES string of the molecule is CCCCCCCCCCCCCC=C1OC1=CC=CC(=O)O. The highest BCUT2D eigenvalue weighted by atomic mass is 16.6. The molecule has 3 nitrogen and oxygen atoms in total. The molecule has 1 saturated heterocycles. The third kappa shape index (κ3) is 11.7. The lowest BCUT2D eigenvalue weighted by molar-refractivity contribution is -0.131. The molecule has 1 fully saturated rings. The van der Waals surface area contributed by atoms with Crippen molar-refractivity contribution in [3.63, 3.8) is 0 Å². The Morgan fingerprint density at radius 3 is 2.04 bits per heavy atom. The highest BCUT2D eigenvalue weighted by molar-refractivity contribution is 5.80. The van der Waals surface area contributed by atoms with E-state index in [-0.39, 0.29) is 0 Å². The monoisotopic (exact) mass is 320 g/mol. The van der Waals surface area contributed by atoms with Gasteiger partial charge in [-0.2, -0.15) is 0 Å². The van der Waals surface area contributed by atoms with Crippen LogP contribution in [0.1, 0.15) is 84.0 Å². The van der Waals surface area contributed by atoms with Crippen molar-refractivity contribution in [1.82, 2.24) is 0 Å². The highest BCUT2D eigenvalue weighted by Gasteiger charge is 2.22. The first-order valence-corrected chi connectivity index (χ1v) is 9.23. The average Bonchev–Trinajstić information content (AvgIpc) is 3.26. The molecule has 0 aromatic carbocycles. The van der Waals surface area contributed by atoms with Crippen molar-refractivity contribution < 1.29 is 14.6 Å². The standard InChI is InChI=1S/C20H32O3/c1-2-3-4-5-6-7-8-9-10-11-12-13-15-18-19(23-18)16-14-17-20(21)22/h14-17H,2-13H2,1H3,(H,21,22). The normalized spacial score (nSPS) is 17.1. The van der Waals surface area contributed by atoms with Crippen molar-refractivity contribution in [2.45, 2.75) is 84.0 Å². The number of aliphatic carboxylic acids is 1. The molecular formula is C20H32O3. The number of rotatable bonds is 14. The van der Waals surface area contributed by atoms with E-state index in [4.69, 9.17) is 9.84 Å². The molecule has 3 heteroatoms. The summed E-state index contributed by atoms with van der Waals surface area (Å²) in [5.74, 6) is 0.770. The number of carbonyl (C=O) groups is 1. The Morgan fingerprint density at radius 2 is 1.48 bits per heavy atom. The van der Waals surface area contributed by atoms with Gasteiger partial charge >= 0.3 is 5.97 Å². The van der Waals surface area contributed by atoms with Crippen molar-refractivity contribution >= 4 is 5.97 Å². The maximum absolute atomic E-state index is 10.3. The van der Waals surface area contributed by atoms with Gasteiger partial charge in [-0.25, -0.2) is 4.79 Å². The fourth-order valence-electron chi connectivity index (χ4n) is 2.61. The molecule has 0 unspecified atom stereocenters. The average molecular weight is 320 g/mol. The van der Waals surface area contributed by atoms with E-state index in [2.05, 4.69) is 13.0 Å². The molecule has 0 amide bonds. The minimum atomic E-state index is -0.936. The smallest absolute Gasteiger partial charge is 0.328 e. The predicted molar refractivity (Wildman–Crippen MR) is 95.1 cm³/mol. The first-order valence-electron chi connectivity index (χ1n) is 9.23. The van der Waals surface area contributed by atoms with E-state index in [0.29, 0.717) is 0 Å². The summed E-state index contributed by atoms with van der Waals surface area (Å²) >= 11 is 0. The first-order chi connectivity index (χ1) is 11.2. The van der Waals surface area contributed by atoms with Crippen LogP contribution < -0.4 is 0 Å². The number of unbranched alkanes of at least 4 members (excludes halogenated alkanes) is 11. The molecule has 1 heterocycles. The van der Waals surface area contributed by atoms with Gasteiger partial charge in [0.2, 0.25) is 0 Å². The Balaban J connectivity index is 1.87. The van der Waals surface area contributed by atoms with Crippen LogP contribution in [0.15, 0.2) is 35.8 Å². The van der Waals surface area contributed by atoms with Gasteiger partial charge in [-0.15, -0.1) is 0 Å². The maximum Gasteiger partial charge on any atom is 0.328 e. The van der Waals surface area contributed by atoms with Gasteiger partial charge in [0.15, 0.2) is 11.5 Å². The molecule has 1 N–H and O–H groups in total. The minimum Gasteiger partial charge on any atom is -0.478 e. The lowest BCUT2D eigenvalue weighted by atomic mass is 10.1. The van der Waals surface area contributed by atoms with Crippen LogP contribution in [0.3, 0.4) is 0 Å². The molecule has 1 rings (SSSR count). The summed E-state index contributed by atoms with van der Waals surface area (Å²) in [5, 5.41) is 8.47. The number of hydrogen-bond acceptors (Lipinski definition) is 2. The molecule has 1 aliphatic rings. The van der Waals surface area contributed by atoms with Crippen LogP contribution in [0.2, 0.25) is 0 Å². The van der Waals surface area contributed by atoms with Crippen LogP contribution in [0, 0.1) is 0 Å². The molecule has 0 atom stereocenters. The number of hydrogen-bond donors (Lipinski definition) is 1. The largest absolute Gasteiger partial charge is 0.478 e. The third-order valence-electron chi connectivity index (χ3n) is 4.04. The lowest BCUT2D eigenvalue weighted by Crippen LogP contribution is -1.84.